The van der Waals surface area contributed by atoms with Crippen molar-refractivity contribution >= 4 is 44.5 Å². The van der Waals surface area contributed by atoms with Gasteiger partial charge in [0, 0.05) is 61.5 Å². The van der Waals surface area contributed by atoms with E-state index in [9.17, 15) is 13.2 Å². The number of halogens is 1. The van der Waals surface area contributed by atoms with Gasteiger partial charge in [0.2, 0.25) is 15.9 Å². The van der Waals surface area contributed by atoms with Crippen LogP contribution in [0.5, 0.6) is 0 Å². The molecule has 33 heavy (non-hydrogen) atoms. The van der Waals surface area contributed by atoms with E-state index in [1.807, 2.05) is 35.0 Å². The van der Waals surface area contributed by atoms with Crippen LogP contribution >= 0.6 is 11.6 Å². The van der Waals surface area contributed by atoms with Gasteiger partial charge in [0.15, 0.2) is 0 Å². The van der Waals surface area contributed by atoms with Gasteiger partial charge in [-0.3, -0.25) is 4.79 Å². The number of rotatable bonds is 6. The highest BCUT2D eigenvalue weighted by Gasteiger charge is 2.30. The minimum absolute atomic E-state index is 0.0825. The fourth-order valence-electron chi connectivity index (χ4n) is 3.97. The summed E-state index contributed by atoms with van der Waals surface area (Å²) in [5.41, 5.74) is 1.91. The monoisotopic (exact) mass is 482 g/mol. The maximum atomic E-state index is 12.9. The predicted octanol–water partition coefficient (Wildman–Crippen LogP) is 3.75. The molecule has 0 bridgehead atoms. The summed E-state index contributed by atoms with van der Waals surface area (Å²) in [4.78, 5) is 14.5. The Morgan fingerprint density at radius 1 is 1.06 bits per heavy atom. The summed E-state index contributed by atoms with van der Waals surface area (Å²) in [7, 11) is -3.71. The number of nitriles is 1. The second-order valence-corrected chi connectivity index (χ2v) is 10.0. The highest BCUT2D eigenvalue weighted by molar-refractivity contribution is 7.89. The van der Waals surface area contributed by atoms with Gasteiger partial charge in [-0.05, 0) is 24.3 Å². The zero-order valence-electron chi connectivity index (χ0n) is 17.9. The number of aromatic nitrogens is 1. The van der Waals surface area contributed by atoms with Gasteiger partial charge < -0.3 is 9.47 Å². The number of para-hydroxylation sites is 1. The van der Waals surface area contributed by atoms with E-state index in [0.717, 1.165) is 16.5 Å². The lowest BCUT2D eigenvalue weighted by Crippen LogP contribution is -2.50. The van der Waals surface area contributed by atoms with Crippen molar-refractivity contribution in [2.75, 3.05) is 26.2 Å². The average molecular weight is 483 g/mol. The first-order chi connectivity index (χ1) is 15.9. The summed E-state index contributed by atoms with van der Waals surface area (Å²) in [5.74, 6) is -0.168. The number of nitrogens with zero attached hydrogens (tertiary/aromatic N) is 4. The van der Waals surface area contributed by atoms with E-state index in [2.05, 4.69) is 6.07 Å². The van der Waals surface area contributed by atoms with Crippen LogP contribution < -0.4 is 0 Å². The van der Waals surface area contributed by atoms with Crippen LogP contribution in [0.1, 0.15) is 12.0 Å². The molecule has 0 aliphatic carbocycles. The number of carbonyl (C=O) groups is 1. The van der Waals surface area contributed by atoms with Crippen LogP contribution in [0.2, 0.25) is 5.02 Å². The van der Waals surface area contributed by atoms with E-state index in [4.69, 9.17) is 16.9 Å². The van der Waals surface area contributed by atoms with Crippen LogP contribution in [0.25, 0.3) is 17.0 Å². The summed E-state index contributed by atoms with van der Waals surface area (Å²) in [6, 6.07) is 16.4. The summed E-state index contributed by atoms with van der Waals surface area (Å²) >= 11 is 6.08. The van der Waals surface area contributed by atoms with E-state index in [-0.39, 0.29) is 28.9 Å². The fourth-order valence-corrected chi connectivity index (χ4v) is 5.89. The molecule has 0 atom stereocenters. The highest BCUT2D eigenvalue weighted by Crippen LogP contribution is 2.26. The van der Waals surface area contributed by atoms with Crippen LogP contribution in [-0.2, 0) is 21.4 Å². The summed E-state index contributed by atoms with van der Waals surface area (Å²) < 4.78 is 29.2. The lowest BCUT2D eigenvalue weighted by molar-refractivity contribution is -0.127. The zero-order valence-corrected chi connectivity index (χ0v) is 19.5. The van der Waals surface area contributed by atoms with Gasteiger partial charge in [-0.1, -0.05) is 41.9 Å². The van der Waals surface area contributed by atoms with Gasteiger partial charge in [0.05, 0.1) is 17.5 Å². The Hall–Kier alpha value is -3.12. The number of amides is 1. The molecule has 0 spiro atoms. The molecule has 1 aliphatic heterocycles. The molecular formula is C24H23ClN4O3S. The van der Waals surface area contributed by atoms with E-state index in [1.165, 1.54) is 16.4 Å². The number of hydrogen-bond donors (Lipinski definition) is 0. The lowest BCUT2D eigenvalue weighted by Gasteiger charge is -2.33. The molecule has 7 nitrogen and oxygen atoms in total. The molecule has 0 radical (unpaired) electrons. The maximum absolute atomic E-state index is 12.9. The van der Waals surface area contributed by atoms with Gasteiger partial charge in [-0.2, -0.15) is 9.57 Å². The Kier molecular flexibility index (Phi) is 6.84. The van der Waals surface area contributed by atoms with Crippen molar-refractivity contribution in [3.8, 4) is 6.07 Å². The molecule has 170 valence electrons. The molecule has 2 heterocycles. The zero-order chi connectivity index (χ0) is 23.4. The number of benzene rings is 2. The maximum Gasteiger partial charge on any atom is 0.246 e. The van der Waals surface area contributed by atoms with Crippen molar-refractivity contribution in [2.45, 2.75) is 17.9 Å². The second kappa shape index (κ2) is 9.79. The molecule has 0 unspecified atom stereocenters. The number of aryl methyl sites for hydroxylation is 1. The van der Waals surface area contributed by atoms with Crippen LogP contribution in [0.3, 0.4) is 0 Å². The minimum atomic E-state index is -3.71. The molecular weight excluding hydrogens is 460 g/mol. The molecule has 1 saturated heterocycles. The summed E-state index contributed by atoms with van der Waals surface area (Å²) in [6.45, 7) is 1.61. The Morgan fingerprint density at radius 3 is 2.48 bits per heavy atom. The van der Waals surface area contributed by atoms with Gasteiger partial charge >= 0.3 is 0 Å². The normalized spacial score (nSPS) is 15.2. The second-order valence-electron chi connectivity index (χ2n) is 7.70. The van der Waals surface area contributed by atoms with E-state index in [0.29, 0.717) is 26.1 Å². The standard InChI is InChI=1S/C24H23ClN4O3S/c25-21-7-2-4-9-23(21)33(31,32)29-16-14-27(15-17-29)24(30)11-10-19-18-28(13-5-12-26)22-8-3-1-6-20(19)22/h1-4,6-11,18H,5,13-17H2/b11-10+. The smallest absolute Gasteiger partial charge is 0.246 e. The quantitative estimate of drug-likeness (QED) is 0.500. The van der Waals surface area contributed by atoms with E-state index in [1.54, 1.807) is 29.2 Å². The van der Waals surface area contributed by atoms with Gasteiger partial charge in [0.25, 0.3) is 0 Å². The number of sulfonamides is 1. The molecule has 0 saturated carbocycles. The first-order valence-corrected chi connectivity index (χ1v) is 12.4. The van der Waals surface area contributed by atoms with Gasteiger partial charge in [-0.25, -0.2) is 8.42 Å². The van der Waals surface area contributed by atoms with Crippen LogP contribution in [0.4, 0.5) is 0 Å². The first-order valence-electron chi connectivity index (χ1n) is 10.6. The van der Waals surface area contributed by atoms with E-state index >= 15 is 0 Å². The molecule has 4 rings (SSSR count). The molecule has 1 aromatic heterocycles. The Balaban J connectivity index is 1.44. The molecule has 9 heteroatoms. The predicted molar refractivity (Wildman–Crippen MR) is 128 cm³/mol. The third kappa shape index (κ3) is 4.81. The van der Waals surface area contributed by atoms with Crippen molar-refractivity contribution in [1.29, 1.82) is 5.26 Å². The summed E-state index contributed by atoms with van der Waals surface area (Å²) in [6.07, 6.45) is 5.65. The molecule has 1 fully saturated rings. The fraction of sp³-hybridized carbons (Fsp3) is 0.250. The van der Waals surface area contributed by atoms with Crippen LogP contribution in [0.15, 0.2) is 65.7 Å². The molecule has 3 aromatic rings. The number of fused-ring (bicyclic) bond motifs is 1. The molecule has 0 N–H and O–H groups in total. The third-order valence-corrected chi connectivity index (χ3v) is 8.09. The van der Waals surface area contributed by atoms with Crippen molar-refractivity contribution < 1.29 is 13.2 Å². The molecule has 1 aliphatic rings. The van der Waals surface area contributed by atoms with Crippen molar-refractivity contribution in [3.63, 3.8) is 0 Å². The number of carbonyl (C=O) groups excluding carboxylic acids is 1. The topological polar surface area (TPSA) is 86.4 Å². The van der Waals surface area contributed by atoms with Gasteiger partial charge in [-0.15, -0.1) is 0 Å². The Bertz CT molecular complexity index is 1350. The molecule has 2 aromatic carbocycles. The Morgan fingerprint density at radius 2 is 1.76 bits per heavy atom. The van der Waals surface area contributed by atoms with Gasteiger partial charge in [0.1, 0.15) is 4.90 Å². The SMILES string of the molecule is N#CCCn1cc(/C=C/C(=O)N2CCN(S(=O)(=O)c3ccccc3Cl)CC2)c2ccccc21. The van der Waals surface area contributed by atoms with Crippen LogP contribution in [-0.4, -0.2) is 54.3 Å². The lowest BCUT2D eigenvalue weighted by atomic mass is 10.1. The summed E-state index contributed by atoms with van der Waals surface area (Å²) in [5, 5.41) is 10.1. The van der Waals surface area contributed by atoms with E-state index < -0.39 is 10.0 Å². The first kappa shape index (κ1) is 23.1. The number of hydrogen-bond acceptors (Lipinski definition) is 4. The van der Waals surface area contributed by atoms with Crippen LogP contribution in [0, 0.1) is 11.3 Å². The molecule has 1 amide bonds. The average Bonchev–Trinajstić information content (AvgIpc) is 3.19. The van der Waals surface area contributed by atoms with Crippen molar-refractivity contribution in [3.05, 3.63) is 71.4 Å². The van der Waals surface area contributed by atoms with Crippen molar-refractivity contribution in [1.82, 2.24) is 13.8 Å². The largest absolute Gasteiger partial charge is 0.346 e. The Labute approximate surface area is 198 Å². The highest BCUT2D eigenvalue weighted by atomic mass is 35.5. The third-order valence-electron chi connectivity index (χ3n) is 5.69. The van der Waals surface area contributed by atoms with Crippen molar-refractivity contribution in [2.24, 2.45) is 0 Å². The number of piperazine rings is 1. The minimum Gasteiger partial charge on any atom is -0.346 e.